The van der Waals surface area contributed by atoms with Crippen molar-refractivity contribution in [1.82, 2.24) is 5.32 Å². The van der Waals surface area contributed by atoms with Gasteiger partial charge in [-0.2, -0.15) is 0 Å². The van der Waals surface area contributed by atoms with Crippen molar-refractivity contribution in [3.63, 3.8) is 0 Å². The highest BCUT2D eigenvalue weighted by atomic mass is 79.9. The summed E-state index contributed by atoms with van der Waals surface area (Å²) in [6.07, 6.45) is 0. The summed E-state index contributed by atoms with van der Waals surface area (Å²) in [4.78, 5) is 11.6. The Kier molecular flexibility index (Phi) is 4.80. The fourth-order valence-electron chi connectivity index (χ4n) is 0.833. The molecule has 0 saturated heterocycles. The average Bonchev–Trinajstić information content (AvgIpc) is 1.99. The molecule has 0 aromatic heterocycles. The molecule has 2 N–H and O–H groups in total. The third-order valence-corrected chi connectivity index (χ3v) is 4.27. The highest BCUT2D eigenvalue weighted by Crippen LogP contribution is 2.22. The van der Waals surface area contributed by atoms with Crippen LogP contribution < -0.4 is 5.32 Å². The summed E-state index contributed by atoms with van der Waals surface area (Å²) in [6.45, 7) is 10.9. The van der Waals surface area contributed by atoms with Crippen LogP contribution in [-0.4, -0.2) is 27.0 Å². The third kappa shape index (κ3) is 4.11. The van der Waals surface area contributed by atoms with Gasteiger partial charge in [-0.1, -0.05) is 29.8 Å². The molecule has 0 heterocycles. The van der Waals surface area contributed by atoms with Gasteiger partial charge in [0.1, 0.15) is 0 Å². The molecule has 4 heteroatoms. The molecule has 3 nitrogen and oxygen atoms in total. The van der Waals surface area contributed by atoms with Crippen LogP contribution in [0.25, 0.3) is 0 Å². The zero-order chi connectivity index (χ0) is 12.4. The molecule has 0 aromatic carbocycles. The number of carbonyl (C=O) groups excluding carboxylic acids is 1. The maximum atomic E-state index is 11.8. The van der Waals surface area contributed by atoms with Crippen LogP contribution in [0.1, 0.15) is 41.5 Å². The number of amides is 1. The number of alkyl halides is 1. The zero-order valence-corrected chi connectivity index (χ0v) is 12.0. The van der Waals surface area contributed by atoms with Crippen LogP contribution >= 0.6 is 15.9 Å². The zero-order valence-electron chi connectivity index (χ0n) is 10.4. The van der Waals surface area contributed by atoms with E-state index in [0.29, 0.717) is 0 Å². The molecule has 15 heavy (non-hydrogen) atoms. The lowest BCUT2D eigenvalue weighted by molar-refractivity contribution is -0.126. The van der Waals surface area contributed by atoms with Crippen LogP contribution in [-0.2, 0) is 4.79 Å². The Morgan fingerprint density at radius 3 is 1.93 bits per heavy atom. The molecular formula is C11H22BrNO2. The van der Waals surface area contributed by atoms with Gasteiger partial charge in [0.2, 0.25) is 5.91 Å². The largest absolute Gasteiger partial charge is 0.388 e. The minimum atomic E-state index is -0.952. The molecule has 0 aliphatic carbocycles. The van der Waals surface area contributed by atoms with E-state index < -0.39 is 11.1 Å². The van der Waals surface area contributed by atoms with Crippen molar-refractivity contribution in [1.29, 1.82) is 0 Å². The number of aliphatic hydroxyl groups is 1. The van der Waals surface area contributed by atoms with Crippen molar-refractivity contribution in [3.05, 3.63) is 0 Å². The number of rotatable bonds is 4. The lowest BCUT2D eigenvalue weighted by atomic mass is 9.85. The topological polar surface area (TPSA) is 49.3 Å². The number of halogens is 1. The lowest BCUT2D eigenvalue weighted by Gasteiger charge is -2.38. The van der Waals surface area contributed by atoms with Crippen molar-refractivity contribution < 1.29 is 9.90 Å². The molecule has 0 spiro atoms. The SMILES string of the molecule is CC(C)C(Br)C(=O)NC(C)(C)C(C)(C)O. The smallest absolute Gasteiger partial charge is 0.234 e. The Hall–Kier alpha value is -0.0900. The van der Waals surface area contributed by atoms with E-state index >= 15 is 0 Å². The van der Waals surface area contributed by atoms with Crippen LogP contribution in [0.4, 0.5) is 0 Å². The van der Waals surface area contributed by atoms with Crippen molar-refractivity contribution in [2.24, 2.45) is 5.92 Å². The third-order valence-electron chi connectivity index (χ3n) is 2.80. The van der Waals surface area contributed by atoms with E-state index in [0.717, 1.165) is 0 Å². The van der Waals surface area contributed by atoms with Crippen LogP contribution in [0.2, 0.25) is 0 Å². The molecule has 1 amide bonds. The molecule has 0 rings (SSSR count). The van der Waals surface area contributed by atoms with Gasteiger partial charge in [0, 0.05) is 0 Å². The number of hydrogen-bond acceptors (Lipinski definition) is 2. The van der Waals surface area contributed by atoms with Crippen LogP contribution in [0.5, 0.6) is 0 Å². The fourth-order valence-corrected chi connectivity index (χ4v) is 0.947. The molecule has 1 atom stereocenters. The lowest BCUT2D eigenvalue weighted by Crippen LogP contribution is -2.59. The van der Waals surface area contributed by atoms with Gasteiger partial charge in [0.05, 0.1) is 16.0 Å². The van der Waals surface area contributed by atoms with Gasteiger partial charge < -0.3 is 10.4 Å². The van der Waals surface area contributed by atoms with Crippen molar-refractivity contribution in [3.8, 4) is 0 Å². The first-order chi connectivity index (χ1) is 6.49. The van der Waals surface area contributed by atoms with Crippen molar-refractivity contribution in [2.75, 3.05) is 0 Å². The molecule has 0 bridgehead atoms. The summed E-state index contributed by atoms with van der Waals surface area (Å²) >= 11 is 3.33. The Morgan fingerprint density at radius 2 is 1.67 bits per heavy atom. The van der Waals surface area contributed by atoms with E-state index in [1.54, 1.807) is 13.8 Å². The summed E-state index contributed by atoms with van der Waals surface area (Å²) in [7, 11) is 0. The predicted molar refractivity (Wildman–Crippen MR) is 66.1 cm³/mol. The van der Waals surface area contributed by atoms with Gasteiger partial charge >= 0.3 is 0 Å². The monoisotopic (exact) mass is 279 g/mol. The molecule has 1 unspecified atom stereocenters. The van der Waals surface area contributed by atoms with Crippen LogP contribution in [0.3, 0.4) is 0 Å². The summed E-state index contributed by atoms with van der Waals surface area (Å²) in [5.41, 5.74) is -1.60. The minimum Gasteiger partial charge on any atom is -0.388 e. The molecule has 0 radical (unpaired) electrons. The number of hydrogen-bond donors (Lipinski definition) is 2. The van der Waals surface area contributed by atoms with Crippen LogP contribution in [0.15, 0.2) is 0 Å². The summed E-state index contributed by atoms with van der Waals surface area (Å²) in [5, 5.41) is 12.7. The standard InChI is InChI=1S/C11H22BrNO2/c1-7(2)8(12)9(14)13-10(3,4)11(5,6)15/h7-8,15H,1-6H3,(H,13,14). The summed E-state index contributed by atoms with van der Waals surface area (Å²) in [5.74, 6) is 0.139. The first kappa shape index (κ1) is 14.9. The maximum absolute atomic E-state index is 11.8. The molecule has 0 aliphatic rings. The minimum absolute atomic E-state index is 0.0860. The van der Waals surface area contributed by atoms with Gasteiger partial charge in [-0.25, -0.2) is 0 Å². The average molecular weight is 280 g/mol. The Morgan fingerprint density at radius 1 is 1.27 bits per heavy atom. The van der Waals surface area contributed by atoms with Crippen molar-refractivity contribution in [2.45, 2.75) is 57.5 Å². The normalized spacial score (nSPS) is 15.3. The van der Waals surface area contributed by atoms with Gasteiger partial charge in [0.25, 0.3) is 0 Å². The molecule has 0 fully saturated rings. The first-order valence-corrected chi connectivity index (χ1v) is 6.09. The first-order valence-electron chi connectivity index (χ1n) is 5.17. The van der Waals surface area contributed by atoms with E-state index in [1.165, 1.54) is 0 Å². The fraction of sp³-hybridized carbons (Fsp3) is 0.909. The highest BCUT2D eigenvalue weighted by molar-refractivity contribution is 9.10. The van der Waals surface area contributed by atoms with Gasteiger partial charge in [-0.15, -0.1) is 0 Å². The maximum Gasteiger partial charge on any atom is 0.234 e. The van der Waals surface area contributed by atoms with Gasteiger partial charge in [0.15, 0.2) is 0 Å². The second-order valence-electron chi connectivity index (χ2n) is 5.32. The van der Waals surface area contributed by atoms with Crippen molar-refractivity contribution >= 4 is 21.8 Å². The molecule has 90 valence electrons. The van der Waals surface area contributed by atoms with E-state index in [9.17, 15) is 9.90 Å². The van der Waals surface area contributed by atoms with E-state index in [1.807, 2.05) is 27.7 Å². The number of nitrogens with one attached hydrogen (secondary N) is 1. The Balaban J connectivity index is 4.55. The molecule has 0 aliphatic heterocycles. The quantitative estimate of drug-likeness (QED) is 0.774. The Labute approximate surface area is 101 Å². The highest BCUT2D eigenvalue weighted by Gasteiger charge is 2.37. The Bertz CT molecular complexity index is 231. The second kappa shape index (κ2) is 4.83. The summed E-state index contributed by atoms with van der Waals surface area (Å²) < 4.78 is 0. The molecular weight excluding hydrogens is 258 g/mol. The van der Waals surface area contributed by atoms with E-state index in [4.69, 9.17) is 0 Å². The second-order valence-corrected chi connectivity index (χ2v) is 6.31. The number of carbonyl (C=O) groups is 1. The van der Waals surface area contributed by atoms with E-state index in [-0.39, 0.29) is 16.7 Å². The molecule has 0 aromatic rings. The van der Waals surface area contributed by atoms with E-state index in [2.05, 4.69) is 21.2 Å². The van der Waals surface area contributed by atoms with Gasteiger partial charge in [-0.05, 0) is 33.6 Å². The van der Waals surface area contributed by atoms with Crippen LogP contribution in [0, 0.1) is 5.92 Å². The predicted octanol–water partition coefficient (Wildman–Crippen LogP) is 2.07. The van der Waals surface area contributed by atoms with Gasteiger partial charge in [-0.3, -0.25) is 4.79 Å². The summed E-state index contributed by atoms with van der Waals surface area (Å²) in [6, 6.07) is 0. The molecule has 0 saturated carbocycles.